The Morgan fingerprint density at radius 1 is 1.03 bits per heavy atom. The lowest BCUT2D eigenvalue weighted by molar-refractivity contribution is -0.149. The summed E-state index contributed by atoms with van der Waals surface area (Å²) >= 11 is 0. The average molecular weight is 390 g/mol. The van der Waals surface area contributed by atoms with E-state index in [0.717, 1.165) is 10.5 Å². The van der Waals surface area contributed by atoms with Crippen LogP contribution in [0.15, 0.2) is 59.0 Å². The molecule has 2 heterocycles. The van der Waals surface area contributed by atoms with Crippen LogP contribution in [0.3, 0.4) is 0 Å². The molecule has 1 unspecified atom stereocenters. The first kappa shape index (κ1) is 18.6. The third kappa shape index (κ3) is 3.31. The molecule has 0 aliphatic carbocycles. The topological polar surface area (TPSA) is 89.7 Å². The van der Waals surface area contributed by atoms with E-state index in [1.165, 1.54) is 6.92 Å². The number of ether oxygens (including phenoxy) is 1. The van der Waals surface area contributed by atoms with Gasteiger partial charge in [-0.2, -0.15) is 0 Å². The van der Waals surface area contributed by atoms with Crippen LogP contribution in [-0.4, -0.2) is 33.7 Å². The molecule has 3 aromatic rings. The predicted octanol–water partition coefficient (Wildman–Crippen LogP) is 3.38. The van der Waals surface area contributed by atoms with Crippen molar-refractivity contribution in [1.29, 1.82) is 0 Å². The van der Waals surface area contributed by atoms with Crippen LogP contribution in [0.1, 0.15) is 39.1 Å². The van der Waals surface area contributed by atoms with Crippen molar-refractivity contribution in [2.75, 3.05) is 0 Å². The molecule has 7 heteroatoms. The molecule has 1 aliphatic heterocycles. The van der Waals surface area contributed by atoms with Crippen LogP contribution in [0, 0.1) is 6.92 Å². The highest BCUT2D eigenvalue weighted by atomic mass is 16.5. The Morgan fingerprint density at radius 2 is 1.62 bits per heavy atom. The van der Waals surface area contributed by atoms with Gasteiger partial charge >= 0.3 is 5.97 Å². The standard InChI is InChI=1S/C22H18N2O5/c1-13(24-20(25)16-10-6-7-11-17(16)21(24)26)22(27)28-12-18-14(2)29-19(23-18)15-8-4-3-5-9-15/h3-11,13H,12H2,1-2H3. The quantitative estimate of drug-likeness (QED) is 0.490. The summed E-state index contributed by atoms with van der Waals surface area (Å²) in [6, 6.07) is 14.8. The van der Waals surface area contributed by atoms with E-state index < -0.39 is 23.8 Å². The fourth-order valence-electron chi connectivity index (χ4n) is 3.19. The summed E-state index contributed by atoms with van der Waals surface area (Å²) in [4.78, 5) is 42.8. The summed E-state index contributed by atoms with van der Waals surface area (Å²) in [5.41, 5.74) is 1.87. The maximum Gasteiger partial charge on any atom is 0.329 e. The van der Waals surface area contributed by atoms with Crippen molar-refractivity contribution in [3.63, 3.8) is 0 Å². The van der Waals surface area contributed by atoms with Crippen LogP contribution in [0.25, 0.3) is 11.5 Å². The number of carbonyl (C=O) groups excluding carboxylic acids is 3. The molecule has 1 aromatic heterocycles. The fourth-order valence-corrected chi connectivity index (χ4v) is 3.19. The third-order valence-electron chi connectivity index (χ3n) is 4.82. The van der Waals surface area contributed by atoms with Crippen molar-refractivity contribution in [2.24, 2.45) is 0 Å². The van der Waals surface area contributed by atoms with Crippen LogP contribution >= 0.6 is 0 Å². The van der Waals surface area contributed by atoms with Gasteiger partial charge in [-0.15, -0.1) is 0 Å². The van der Waals surface area contributed by atoms with Gasteiger partial charge in [0.1, 0.15) is 24.1 Å². The van der Waals surface area contributed by atoms with Crippen LogP contribution < -0.4 is 0 Å². The lowest BCUT2D eigenvalue weighted by atomic mass is 10.1. The molecule has 0 saturated heterocycles. The van der Waals surface area contributed by atoms with Crippen molar-refractivity contribution >= 4 is 17.8 Å². The van der Waals surface area contributed by atoms with Crippen LogP contribution in [-0.2, 0) is 16.1 Å². The largest absolute Gasteiger partial charge is 0.457 e. The van der Waals surface area contributed by atoms with Gasteiger partial charge in [-0.25, -0.2) is 9.78 Å². The zero-order chi connectivity index (χ0) is 20.5. The second-order valence-electron chi connectivity index (χ2n) is 6.70. The molecule has 29 heavy (non-hydrogen) atoms. The van der Waals surface area contributed by atoms with Crippen molar-refractivity contribution < 1.29 is 23.5 Å². The first-order valence-corrected chi connectivity index (χ1v) is 9.12. The van der Waals surface area contributed by atoms with E-state index in [0.29, 0.717) is 17.3 Å². The van der Waals surface area contributed by atoms with Gasteiger partial charge in [-0.1, -0.05) is 30.3 Å². The minimum absolute atomic E-state index is 0.117. The van der Waals surface area contributed by atoms with E-state index in [4.69, 9.17) is 9.15 Å². The van der Waals surface area contributed by atoms with Crippen molar-refractivity contribution in [3.8, 4) is 11.5 Å². The van der Waals surface area contributed by atoms with Crippen molar-refractivity contribution in [3.05, 3.63) is 77.2 Å². The van der Waals surface area contributed by atoms with Crippen molar-refractivity contribution in [2.45, 2.75) is 26.5 Å². The Hall–Kier alpha value is -3.74. The number of nitrogens with zero attached hydrogens (tertiary/aromatic N) is 2. The lowest BCUT2D eigenvalue weighted by Crippen LogP contribution is -2.43. The Balaban J connectivity index is 1.45. The van der Waals surface area contributed by atoms with E-state index in [9.17, 15) is 14.4 Å². The van der Waals surface area contributed by atoms with Gasteiger partial charge < -0.3 is 9.15 Å². The van der Waals surface area contributed by atoms with Gasteiger partial charge in [-0.3, -0.25) is 14.5 Å². The number of benzene rings is 2. The molecule has 0 bridgehead atoms. The van der Waals surface area contributed by atoms with Gasteiger partial charge in [0.05, 0.1) is 11.1 Å². The first-order valence-electron chi connectivity index (χ1n) is 9.12. The van der Waals surface area contributed by atoms with Crippen LogP contribution in [0.4, 0.5) is 0 Å². The van der Waals surface area contributed by atoms with Crippen molar-refractivity contribution in [1.82, 2.24) is 9.88 Å². The monoisotopic (exact) mass is 390 g/mol. The highest BCUT2D eigenvalue weighted by molar-refractivity contribution is 6.22. The molecule has 1 aliphatic rings. The number of imide groups is 1. The molecule has 0 N–H and O–H groups in total. The molecule has 2 aromatic carbocycles. The third-order valence-corrected chi connectivity index (χ3v) is 4.82. The highest BCUT2D eigenvalue weighted by Gasteiger charge is 2.41. The average Bonchev–Trinajstić information content (AvgIpc) is 3.24. The Morgan fingerprint density at radius 3 is 2.24 bits per heavy atom. The minimum atomic E-state index is -1.05. The number of carbonyl (C=O) groups is 3. The molecule has 2 amide bonds. The molecule has 0 radical (unpaired) electrons. The number of aromatic nitrogens is 1. The second kappa shape index (κ2) is 7.35. The molecule has 7 nitrogen and oxygen atoms in total. The van der Waals surface area contributed by atoms with Gasteiger partial charge in [0.25, 0.3) is 11.8 Å². The predicted molar refractivity (Wildman–Crippen MR) is 103 cm³/mol. The SMILES string of the molecule is Cc1oc(-c2ccccc2)nc1COC(=O)C(C)N1C(=O)c2ccccc2C1=O. The molecule has 4 rings (SSSR count). The smallest absolute Gasteiger partial charge is 0.329 e. The first-order chi connectivity index (χ1) is 14.0. The van der Waals surface area contributed by atoms with E-state index in [2.05, 4.69) is 4.98 Å². The zero-order valence-corrected chi connectivity index (χ0v) is 15.9. The van der Waals surface area contributed by atoms with Crippen LogP contribution in [0.2, 0.25) is 0 Å². The maximum atomic E-state index is 12.5. The Kier molecular flexibility index (Phi) is 4.72. The lowest BCUT2D eigenvalue weighted by Gasteiger charge is -2.20. The summed E-state index contributed by atoms with van der Waals surface area (Å²) in [5.74, 6) is -0.728. The van der Waals surface area contributed by atoms with E-state index in [1.54, 1.807) is 31.2 Å². The number of oxazole rings is 1. The Bertz CT molecular complexity index is 1070. The fraction of sp³-hybridized carbons (Fsp3) is 0.182. The summed E-state index contributed by atoms with van der Waals surface area (Å²) in [6.45, 7) is 3.08. The molecular weight excluding hydrogens is 372 g/mol. The van der Waals surface area contributed by atoms with Crippen LogP contribution in [0.5, 0.6) is 0 Å². The number of hydrogen-bond acceptors (Lipinski definition) is 6. The molecular formula is C22H18N2O5. The number of esters is 1. The summed E-state index contributed by atoms with van der Waals surface area (Å²) in [7, 11) is 0. The molecule has 0 spiro atoms. The molecule has 146 valence electrons. The number of amides is 2. The number of hydrogen-bond donors (Lipinski definition) is 0. The normalized spacial score (nSPS) is 14.1. The van der Waals surface area contributed by atoms with Gasteiger partial charge in [-0.05, 0) is 38.1 Å². The van der Waals surface area contributed by atoms with Gasteiger partial charge in [0, 0.05) is 5.56 Å². The molecule has 0 fully saturated rings. The van der Waals surface area contributed by atoms with E-state index >= 15 is 0 Å². The van der Waals surface area contributed by atoms with E-state index in [-0.39, 0.29) is 17.7 Å². The van der Waals surface area contributed by atoms with E-state index in [1.807, 2.05) is 30.3 Å². The number of rotatable bonds is 5. The number of fused-ring (bicyclic) bond motifs is 1. The number of aryl methyl sites for hydroxylation is 1. The minimum Gasteiger partial charge on any atom is -0.457 e. The summed E-state index contributed by atoms with van der Waals surface area (Å²) in [6.07, 6.45) is 0. The Labute approximate surface area is 166 Å². The van der Waals surface area contributed by atoms with Gasteiger partial charge in [0.2, 0.25) is 5.89 Å². The van der Waals surface area contributed by atoms with Gasteiger partial charge in [0.15, 0.2) is 0 Å². The molecule has 0 saturated carbocycles. The second-order valence-corrected chi connectivity index (χ2v) is 6.70. The zero-order valence-electron chi connectivity index (χ0n) is 15.9. The molecule has 1 atom stereocenters. The summed E-state index contributed by atoms with van der Waals surface area (Å²) in [5, 5.41) is 0. The maximum absolute atomic E-state index is 12.5. The summed E-state index contributed by atoms with van der Waals surface area (Å²) < 4.78 is 11.0. The highest BCUT2D eigenvalue weighted by Crippen LogP contribution is 2.25.